The molecule has 31 heavy (non-hydrogen) atoms. The number of nitrogens with zero attached hydrogens (tertiary/aromatic N) is 2. The van der Waals surface area contributed by atoms with Gasteiger partial charge in [-0.1, -0.05) is 0 Å². The Hall–Kier alpha value is -3.35. The van der Waals surface area contributed by atoms with E-state index < -0.39 is 34.9 Å². The SMILES string of the molecule is CCn1cc(C(=O)O)c(=O)c2cc(F)c(N3CCNCC3)c(O)c21.O=C(O)C(F)(F)F. The van der Waals surface area contributed by atoms with Crippen molar-refractivity contribution in [3.63, 3.8) is 0 Å². The Morgan fingerprint density at radius 2 is 1.74 bits per heavy atom. The number of aryl methyl sites for hydroxylation is 1. The molecule has 0 unspecified atom stereocenters. The van der Waals surface area contributed by atoms with Gasteiger partial charge >= 0.3 is 18.1 Å². The standard InChI is InChI=1S/C16H18FN3O4.C2HF3O2/c1-2-19-8-10(16(23)24)14(21)9-7-11(17)13(15(22)12(9)19)20-5-3-18-4-6-20;3-2(4,5)1(6)7/h7-8,18,22H,2-6H2,1H3,(H,23,24);(H,6,7). The van der Waals surface area contributed by atoms with Crippen LogP contribution in [0, 0.1) is 5.82 Å². The number of halogens is 4. The number of anilines is 1. The number of carbonyl (C=O) groups is 2. The fraction of sp³-hybridized carbons (Fsp3) is 0.389. The number of carboxylic acid groups (broad SMARTS) is 2. The normalized spacial score (nSPS) is 14.2. The van der Waals surface area contributed by atoms with Gasteiger partial charge in [-0.05, 0) is 13.0 Å². The summed E-state index contributed by atoms with van der Waals surface area (Å²) in [6.45, 7) is 4.46. The van der Waals surface area contributed by atoms with Crippen molar-refractivity contribution in [2.24, 2.45) is 0 Å². The average Bonchev–Trinajstić information content (AvgIpc) is 2.69. The molecule has 1 aliphatic rings. The van der Waals surface area contributed by atoms with Crippen molar-refractivity contribution in [1.29, 1.82) is 0 Å². The van der Waals surface area contributed by atoms with E-state index in [9.17, 15) is 32.3 Å². The number of phenolic OH excluding ortho intramolecular Hbond substituents is 1. The van der Waals surface area contributed by atoms with E-state index in [2.05, 4.69) is 5.32 Å². The van der Waals surface area contributed by atoms with Gasteiger partial charge in [0.25, 0.3) is 0 Å². The zero-order valence-corrected chi connectivity index (χ0v) is 16.2. The number of rotatable bonds is 3. The topological polar surface area (TPSA) is 132 Å². The number of piperazine rings is 1. The summed E-state index contributed by atoms with van der Waals surface area (Å²) in [6, 6.07) is 1.02. The number of hydrogen-bond acceptors (Lipinski definition) is 6. The predicted molar refractivity (Wildman–Crippen MR) is 101 cm³/mol. The molecular weight excluding hydrogens is 430 g/mol. The van der Waals surface area contributed by atoms with E-state index in [-0.39, 0.29) is 22.3 Å². The number of alkyl halides is 3. The molecule has 0 amide bonds. The quantitative estimate of drug-likeness (QED) is 0.520. The smallest absolute Gasteiger partial charge is 0.490 e. The summed E-state index contributed by atoms with van der Waals surface area (Å²) in [4.78, 5) is 34.2. The second-order valence-corrected chi connectivity index (χ2v) is 6.45. The maximum Gasteiger partial charge on any atom is 0.490 e. The van der Waals surface area contributed by atoms with Crippen molar-refractivity contribution >= 4 is 28.5 Å². The summed E-state index contributed by atoms with van der Waals surface area (Å²) in [5.41, 5.74) is -1.04. The summed E-state index contributed by atoms with van der Waals surface area (Å²) >= 11 is 0. The van der Waals surface area contributed by atoms with Crippen molar-refractivity contribution in [2.45, 2.75) is 19.6 Å². The maximum atomic E-state index is 14.6. The number of benzene rings is 1. The van der Waals surface area contributed by atoms with Gasteiger partial charge in [0.05, 0.1) is 10.9 Å². The first-order valence-corrected chi connectivity index (χ1v) is 8.97. The predicted octanol–water partition coefficient (Wildman–Crippen LogP) is 1.61. The molecule has 2 heterocycles. The van der Waals surface area contributed by atoms with Crippen LogP contribution in [0.1, 0.15) is 17.3 Å². The third-order valence-corrected chi connectivity index (χ3v) is 4.51. The Balaban J connectivity index is 0.000000423. The fourth-order valence-electron chi connectivity index (χ4n) is 3.10. The third-order valence-electron chi connectivity index (χ3n) is 4.51. The number of pyridine rings is 1. The molecule has 0 aliphatic carbocycles. The second-order valence-electron chi connectivity index (χ2n) is 6.45. The molecule has 0 radical (unpaired) electrons. The van der Waals surface area contributed by atoms with E-state index in [1.165, 1.54) is 10.8 Å². The lowest BCUT2D eigenvalue weighted by molar-refractivity contribution is -0.192. The van der Waals surface area contributed by atoms with Gasteiger partial charge in [-0.2, -0.15) is 13.2 Å². The molecule has 0 atom stereocenters. The Morgan fingerprint density at radius 1 is 1.19 bits per heavy atom. The lowest BCUT2D eigenvalue weighted by atomic mass is 10.1. The zero-order chi connectivity index (χ0) is 23.5. The van der Waals surface area contributed by atoms with Crippen molar-refractivity contribution in [3.05, 3.63) is 33.9 Å². The Bertz CT molecular complexity index is 1060. The number of hydrogen-bond donors (Lipinski definition) is 4. The summed E-state index contributed by atoms with van der Waals surface area (Å²) in [5.74, 6) is -5.20. The first kappa shape index (κ1) is 23.9. The molecule has 1 aromatic heterocycles. The van der Waals surface area contributed by atoms with E-state index in [1.807, 2.05) is 0 Å². The van der Waals surface area contributed by atoms with Crippen LogP contribution >= 0.6 is 0 Å². The van der Waals surface area contributed by atoms with Crippen LogP contribution in [0.4, 0.5) is 23.2 Å². The molecule has 1 saturated heterocycles. The highest BCUT2D eigenvalue weighted by Gasteiger charge is 2.38. The van der Waals surface area contributed by atoms with Gasteiger partial charge in [0.1, 0.15) is 11.3 Å². The first-order valence-electron chi connectivity index (χ1n) is 8.97. The van der Waals surface area contributed by atoms with E-state index >= 15 is 0 Å². The molecule has 1 aromatic carbocycles. The largest absolute Gasteiger partial charge is 0.504 e. The maximum absolute atomic E-state index is 14.6. The molecular formula is C18H19F4N3O6. The highest BCUT2D eigenvalue weighted by atomic mass is 19.4. The van der Waals surface area contributed by atoms with Gasteiger partial charge in [-0.15, -0.1) is 0 Å². The summed E-state index contributed by atoms with van der Waals surface area (Å²) in [6.07, 6.45) is -3.90. The molecule has 4 N–H and O–H groups in total. The number of phenols is 1. The minimum atomic E-state index is -5.08. The van der Waals surface area contributed by atoms with Crippen LogP contribution < -0.4 is 15.6 Å². The Morgan fingerprint density at radius 3 is 2.19 bits per heavy atom. The summed E-state index contributed by atoms with van der Waals surface area (Å²) < 4.78 is 47.8. The van der Waals surface area contributed by atoms with Crippen LogP contribution in [0.3, 0.4) is 0 Å². The number of aromatic hydroxyl groups is 1. The zero-order valence-electron chi connectivity index (χ0n) is 16.2. The average molecular weight is 449 g/mol. The minimum absolute atomic E-state index is 0.0497. The van der Waals surface area contributed by atoms with Gasteiger partial charge < -0.3 is 30.1 Å². The van der Waals surface area contributed by atoms with E-state index in [4.69, 9.17) is 15.0 Å². The summed E-state index contributed by atoms with van der Waals surface area (Å²) in [5, 5.41) is 29.9. The van der Waals surface area contributed by atoms with Crippen molar-refractivity contribution in [3.8, 4) is 5.75 Å². The second kappa shape index (κ2) is 9.20. The number of aromatic carboxylic acids is 1. The van der Waals surface area contributed by atoms with Gasteiger partial charge in [0.2, 0.25) is 5.43 Å². The molecule has 3 rings (SSSR count). The van der Waals surface area contributed by atoms with E-state index in [1.54, 1.807) is 11.8 Å². The molecule has 2 aromatic rings. The molecule has 0 spiro atoms. The number of nitrogens with one attached hydrogen (secondary N) is 1. The number of fused-ring (bicyclic) bond motifs is 1. The minimum Gasteiger partial charge on any atom is -0.504 e. The Kier molecular flexibility index (Phi) is 7.10. The van der Waals surface area contributed by atoms with Crippen LogP contribution in [0.15, 0.2) is 17.1 Å². The van der Waals surface area contributed by atoms with E-state index in [0.717, 1.165) is 6.07 Å². The highest BCUT2D eigenvalue weighted by molar-refractivity contribution is 5.96. The number of aromatic nitrogens is 1. The van der Waals surface area contributed by atoms with Crippen LogP contribution in [0.5, 0.6) is 5.75 Å². The number of carboxylic acids is 2. The monoisotopic (exact) mass is 449 g/mol. The molecule has 170 valence electrons. The van der Waals surface area contributed by atoms with Gasteiger partial charge in [0.15, 0.2) is 11.6 Å². The summed E-state index contributed by atoms with van der Waals surface area (Å²) in [7, 11) is 0. The molecule has 0 bridgehead atoms. The third kappa shape index (κ3) is 5.05. The molecule has 1 fully saturated rings. The van der Waals surface area contributed by atoms with Crippen LogP contribution in [-0.4, -0.2) is 64.2 Å². The van der Waals surface area contributed by atoms with Gasteiger partial charge in [0, 0.05) is 38.9 Å². The molecule has 1 aliphatic heterocycles. The number of aliphatic carboxylic acids is 1. The van der Waals surface area contributed by atoms with Crippen molar-refractivity contribution in [2.75, 3.05) is 31.1 Å². The van der Waals surface area contributed by atoms with Crippen LogP contribution in [0.2, 0.25) is 0 Å². The van der Waals surface area contributed by atoms with Crippen LogP contribution in [0.25, 0.3) is 10.9 Å². The molecule has 9 nitrogen and oxygen atoms in total. The van der Waals surface area contributed by atoms with Crippen LogP contribution in [-0.2, 0) is 11.3 Å². The highest BCUT2D eigenvalue weighted by Crippen LogP contribution is 2.37. The fourth-order valence-corrected chi connectivity index (χ4v) is 3.10. The Labute approximate surface area is 172 Å². The molecule has 13 heteroatoms. The van der Waals surface area contributed by atoms with Gasteiger partial charge in [-0.25, -0.2) is 14.0 Å². The van der Waals surface area contributed by atoms with E-state index in [0.29, 0.717) is 32.7 Å². The lowest BCUT2D eigenvalue weighted by Gasteiger charge is -2.30. The van der Waals surface area contributed by atoms with Crippen molar-refractivity contribution < 1.29 is 42.5 Å². The lowest BCUT2D eigenvalue weighted by Crippen LogP contribution is -2.44. The molecule has 0 saturated carbocycles. The van der Waals surface area contributed by atoms with Gasteiger partial charge in [-0.3, -0.25) is 4.79 Å². The van der Waals surface area contributed by atoms with Crippen molar-refractivity contribution in [1.82, 2.24) is 9.88 Å². The first-order chi connectivity index (χ1) is 14.4.